The van der Waals surface area contributed by atoms with E-state index in [-0.39, 0.29) is 24.7 Å². The van der Waals surface area contributed by atoms with Crippen molar-refractivity contribution in [3.05, 3.63) is 0 Å². The highest BCUT2D eigenvalue weighted by atomic mass is 16.7. The monoisotopic (exact) mass is 226 g/mol. The number of rotatable bonds is 3. The molecular formula is C10H12NO5-. The van der Waals surface area contributed by atoms with Gasteiger partial charge in [0.1, 0.15) is 6.23 Å². The fourth-order valence-corrected chi connectivity index (χ4v) is 1.90. The molecule has 6 heteroatoms. The molecule has 0 N–H and O–H groups in total. The molecule has 6 nitrogen and oxygen atoms in total. The van der Waals surface area contributed by atoms with Gasteiger partial charge >= 0.3 is 0 Å². The van der Waals surface area contributed by atoms with Gasteiger partial charge in [-0.2, -0.15) is 0 Å². The minimum absolute atomic E-state index is 0.127. The second-order valence-corrected chi connectivity index (χ2v) is 4.53. The molecule has 2 rings (SSSR count). The average molecular weight is 226 g/mol. The summed E-state index contributed by atoms with van der Waals surface area (Å²) in [5, 5.41) is 10.5. The van der Waals surface area contributed by atoms with Crippen LogP contribution in [0.4, 0.5) is 4.79 Å². The summed E-state index contributed by atoms with van der Waals surface area (Å²) in [5.74, 6) is -0.742. The average Bonchev–Trinajstić information content (AvgIpc) is 2.85. The van der Waals surface area contributed by atoms with E-state index in [2.05, 4.69) is 4.74 Å². The van der Waals surface area contributed by atoms with E-state index >= 15 is 0 Å². The van der Waals surface area contributed by atoms with Gasteiger partial charge in [0.05, 0.1) is 0 Å². The van der Waals surface area contributed by atoms with Gasteiger partial charge in [0, 0.05) is 18.3 Å². The number of likely N-dealkylation sites (tertiary alicyclic amines) is 1. The smallest absolute Gasteiger partial charge is 0.253 e. The molecule has 2 aliphatic rings. The Morgan fingerprint density at radius 1 is 1.38 bits per heavy atom. The normalized spacial score (nSPS) is 24.4. The Balaban J connectivity index is 2.21. The van der Waals surface area contributed by atoms with Gasteiger partial charge in [-0.15, -0.1) is 0 Å². The first kappa shape index (κ1) is 10.9. The van der Waals surface area contributed by atoms with Crippen LogP contribution in [0, 0.1) is 5.41 Å². The lowest BCUT2D eigenvalue weighted by Gasteiger charge is -2.34. The predicted octanol–water partition coefficient (Wildman–Crippen LogP) is -0.379. The molecule has 1 unspecified atom stereocenters. The molecular weight excluding hydrogens is 214 g/mol. The second kappa shape index (κ2) is 3.47. The second-order valence-electron chi connectivity index (χ2n) is 4.53. The van der Waals surface area contributed by atoms with Crippen LogP contribution in [0.1, 0.15) is 32.6 Å². The maximum absolute atomic E-state index is 11.5. The van der Waals surface area contributed by atoms with Crippen molar-refractivity contribution >= 4 is 18.0 Å². The van der Waals surface area contributed by atoms with Gasteiger partial charge in [-0.05, 0) is 12.8 Å². The molecule has 0 aromatic carbocycles. The first-order valence-electron chi connectivity index (χ1n) is 5.16. The Hall–Kier alpha value is -1.59. The lowest BCUT2D eigenvalue weighted by atomic mass is 10.1. The molecule has 2 fully saturated rings. The van der Waals surface area contributed by atoms with Crippen LogP contribution in [0.15, 0.2) is 0 Å². The summed E-state index contributed by atoms with van der Waals surface area (Å²) in [5.41, 5.74) is -0.435. The van der Waals surface area contributed by atoms with E-state index in [4.69, 9.17) is 0 Å². The number of carbonyl (C=O) groups is 3. The van der Waals surface area contributed by atoms with Crippen LogP contribution in [-0.2, 0) is 14.3 Å². The minimum Gasteiger partial charge on any atom is -0.526 e. The highest BCUT2D eigenvalue weighted by Gasteiger charge is 2.51. The van der Waals surface area contributed by atoms with E-state index in [1.54, 1.807) is 6.92 Å². The van der Waals surface area contributed by atoms with Crippen molar-refractivity contribution in [2.75, 3.05) is 0 Å². The highest BCUT2D eigenvalue weighted by Crippen LogP contribution is 2.51. The van der Waals surface area contributed by atoms with Gasteiger partial charge in [-0.25, -0.2) is 0 Å². The van der Waals surface area contributed by atoms with Crippen LogP contribution in [-0.4, -0.2) is 29.1 Å². The fourth-order valence-electron chi connectivity index (χ4n) is 1.90. The maximum Gasteiger partial charge on any atom is 0.253 e. The van der Waals surface area contributed by atoms with Crippen LogP contribution >= 0.6 is 0 Å². The Morgan fingerprint density at radius 2 is 1.88 bits per heavy atom. The summed E-state index contributed by atoms with van der Waals surface area (Å²) in [7, 11) is 0. The summed E-state index contributed by atoms with van der Waals surface area (Å²) in [6.45, 7) is 1.79. The van der Waals surface area contributed by atoms with Crippen LogP contribution < -0.4 is 5.11 Å². The predicted molar refractivity (Wildman–Crippen MR) is 48.7 cm³/mol. The Kier molecular flexibility index (Phi) is 2.36. The third kappa shape index (κ3) is 1.75. The minimum atomic E-state index is -1.70. The van der Waals surface area contributed by atoms with E-state index in [1.807, 2.05) is 0 Å². The molecule has 0 aromatic rings. The number of nitrogens with zero attached hydrogens (tertiary/aromatic N) is 1. The number of hydrogen-bond donors (Lipinski definition) is 0. The van der Waals surface area contributed by atoms with Gasteiger partial charge in [-0.1, -0.05) is 6.92 Å². The van der Waals surface area contributed by atoms with Crippen molar-refractivity contribution in [1.29, 1.82) is 0 Å². The zero-order valence-corrected chi connectivity index (χ0v) is 8.89. The molecule has 1 aliphatic carbocycles. The molecule has 0 spiro atoms. The standard InChI is InChI=1S/C10H13NO5/c1-10(4-5-10)8(16-9(14)15)11-6(12)2-3-7(11)13/h8H,2-5H2,1H3,(H,14,15)/p-1. The summed E-state index contributed by atoms with van der Waals surface area (Å²) in [6.07, 6.45) is -0.987. The number of imide groups is 1. The molecule has 2 amide bonds. The van der Waals surface area contributed by atoms with Crippen LogP contribution in [0.25, 0.3) is 0 Å². The lowest BCUT2D eigenvalue weighted by molar-refractivity contribution is -0.295. The number of hydrogen-bond acceptors (Lipinski definition) is 5. The Bertz CT molecular complexity index is 344. The van der Waals surface area contributed by atoms with Crippen LogP contribution in [0.3, 0.4) is 0 Å². The third-order valence-electron chi connectivity index (χ3n) is 3.17. The first-order valence-corrected chi connectivity index (χ1v) is 5.16. The number of amides is 2. The Morgan fingerprint density at radius 3 is 2.25 bits per heavy atom. The molecule has 1 atom stereocenters. The molecule has 0 aromatic heterocycles. The van der Waals surface area contributed by atoms with E-state index in [0.29, 0.717) is 0 Å². The van der Waals surface area contributed by atoms with Gasteiger partial charge in [-0.3, -0.25) is 14.5 Å². The summed E-state index contributed by atoms with van der Waals surface area (Å²) in [4.78, 5) is 34.4. The fraction of sp³-hybridized carbons (Fsp3) is 0.700. The molecule has 1 heterocycles. The molecule has 0 bridgehead atoms. The zero-order chi connectivity index (χ0) is 11.9. The Labute approximate surface area is 92.2 Å². The third-order valence-corrected chi connectivity index (χ3v) is 3.17. The van der Waals surface area contributed by atoms with Crippen molar-refractivity contribution in [3.8, 4) is 0 Å². The van der Waals surface area contributed by atoms with Crippen LogP contribution in [0.5, 0.6) is 0 Å². The van der Waals surface area contributed by atoms with Gasteiger partial charge < -0.3 is 14.6 Å². The lowest BCUT2D eigenvalue weighted by Crippen LogP contribution is -2.48. The van der Waals surface area contributed by atoms with Gasteiger partial charge in [0.15, 0.2) is 0 Å². The van der Waals surface area contributed by atoms with Crippen molar-refractivity contribution in [2.24, 2.45) is 5.41 Å². The van der Waals surface area contributed by atoms with Crippen molar-refractivity contribution in [1.82, 2.24) is 4.90 Å². The quantitative estimate of drug-likeness (QED) is 0.483. The molecule has 88 valence electrons. The maximum atomic E-state index is 11.5. The summed E-state index contributed by atoms with van der Waals surface area (Å²) >= 11 is 0. The zero-order valence-electron chi connectivity index (χ0n) is 8.89. The topological polar surface area (TPSA) is 86.7 Å². The molecule has 1 aliphatic heterocycles. The SMILES string of the molecule is CC1(C(OC(=O)[O-])N2C(=O)CCC2=O)CC1. The summed E-state index contributed by atoms with van der Waals surface area (Å²) < 4.78 is 4.59. The number of carboxylic acid groups (broad SMARTS) is 1. The van der Waals surface area contributed by atoms with Crippen molar-refractivity contribution in [3.63, 3.8) is 0 Å². The number of carbonyl (C=O) groups excluding carboxylic acids is 3. The van der Waals surface area contributed by atoms with Gasteiger partial charge in [0.25, 0.3) is 6.16 Å². The van der Waals surface area contributed by atoms with E-state index in [1.165, 1.54) is 0 Å². The number of ether oxygens (including phenoxy) is 1. The van der Waals surface area contributed by atoms with E-state index in [9.17, 15) is 19.5 Å². The summed E-state index contributed by atoms with van der Waals surface area (Å²) in [6, 6.07) is 0. The van der Waals surface area contributed by atoms with Crippen molar-refractivity contribution < 1.29 is 24.2 Å². The highest BCUT2D eigenvalue weighted by molar-refractivity contribution is 6.02. The first-order chi connectivity index (χ1) is 7.44. The van der Waals surface area contributed by atoms with Gasteiger partial charge in [0.2, 0.25) is 11.8 Å². The molecule has 16 heavy (non-hydrogen) atoms. The largest absolute Gasteiger partial charge is 0.526 e. The van der Waals surface area contributed by atoms with E-state index in [0.717, 1.165) is 17.7 Å². The van der Waals surface area contributed by atoms with Crippen molar-refractivity contribution in [2.45, 2.75) is 38.8 Å². The van der Waals surface area contributed by atoms with Crippen LogP contribution in [0.2, 0.25) is 0 Å². The van der Waals surface area contributed by atoms with E-state index < -0.39 is 17.8 Å². The molecule has 0 radical (unpaired) electrons. The molecule has 1 saturated heterocycles. The molecule has 1 saturated carbocycles.